The molecular weight excluding hydrogens is 309 g/mol. The van der Waals surface area contributed by atoms with Gasteiger partial charge in [-0.2, -0.15) is 0 Å². The minimum atomic E-state index is -0.233. The molecule has 0 heterocycles. The maximum absolute atomic E-state index is 13.2. The van der Waals surface area contributed by atoms with Gasteiger partial charge in [-0.15, -0.1) is 0 Å². The smallest absolute Gasteiger partial charge is 0.137 e. The molecule has 0 radical (unpaired) electrons. The lowest BCUT2D eigenvalue weighted by atomic mass is 9.82. The van der Waals surface area contributed by atoms with Crippen LogP contribution in [0, 0.1) is 11.2 Å². The highest BCUT2D eigenvalue weighted by Gasteiger charge is 2.31. The van der Waals surface area contributed by atoms with Gasteiger partial charge < -0.3 is 10.1 Å². The number of halogens is 2. The molecule has 0 aliphatic carbocycles. The average molecular weight is 332 g/mol. The van der Waals surface area contributed by atoms with Crippen molar-refractivity contribution < 1.29 is 9.13 Å². The molecule has 1 aromatic rings. The zero-order valence-electron chi connectivity index (χ0n) is 12.3. The van der Waals surface area contributed by atoms with Gasteiger partial charge in [0.15, 0.2) is 0 Å². The van der Waals surface area contributed by atoms with Crippen LogP contribution in [0.25, 0.3) is 0 Å². The van der Waals surface area contributed by atoms with E-state index in [-0.39, 0.29) is 23.4 Å². The number of nitrogens with one attached hydrogen (secondary N) is 1. The number of hydrogen-bond acceptors (Lipinski definition) is 2. The molecule has 0 aliphatic heterocycles. The summed E-state index contributed by atoms with van der Waals surface area (Å²) in [5, 5.41) is 3.31. The number of ether oxygens (including phenoxy) is 1. The number of hydrogen-bond donors (Lipinski definition) is 1. The Labute approximate surface area is 123 Å². The van der Waals surface area contributed by atoms with E-state index < -0.39 is 0 Å². The number of likely N-dealkylation sites (N-methyl/N-ethyl adjacent to an activating group) is 1. The average Bonchev–Trinajstić information content (AvgIpc) is 2.31. The second-order valence-electron chi connectivity index (χ2n) is 5.87. The van der Waals surface area contributed by atoms with E-state index in [1.807, 2.05) is 19.2 Å². The first kappa shape index (κ1) is 16.6. The Morgan fingerprint density at radius 1 is 1.37 bits per heavy atom. The van der Waals surface area contributed by atoms with Crippen LogP contribution in [0.2, 0.25) is 0 Å². The van der Waals surface area contributed by atoms with Crippen molar-refractivity contribution in [2.45, 2.75) is 39.3 Å². The van der Waals surface area contributed by atoms with Gasteiger partial charge in [-0.1, -0.05) is 26.8 Å². The molecule has 2 unspecified atom stereocenters. The van der Waals surface area contributed by atoms with Gasteiger partial charge in [0.25, 0.3) is 0 Å². The maximum atomic E-state index is 13.2. The van der Waals surface area contributed by atoms with Crippen LogP contribution in [0.4, 0.5) is 4.39 Å². The second-order valence-corrected chi connectivity index (χ2v) is 6.72. The molecule has 4 heteroatoms. The van der Waals surface area contributed by atoms with E-state index in [1.54, 1.807) is 7.11 Å². The standard InChI is InChI=1S/C15H23BrFNO/c1-15(2,3)14(19-5)13(18-4)9-10-6-7-12(17)11(16)8-10/h6-8,13-14,18H,9H2,1-5H3. The van der Waals surface area contributed by atoms with E-state index >= 15 is 0 Å². The second kappa shape index (κ2) is 6.82. The summed E-state index contributed by atoms with van der Waals surface area (Å²) in [5.74, 6) is -0.233. The van der Waals surface area contributed by atoms with Crippen LogP contribution in [-0.2, 0) is 11.2 Å². The van der Waals surface area contributed by atoms with Gasteiger partial charge >= 0.3 is 0 Å². The third kappa shape index (κ3) is 4.55. The Bertz CT molecular complexity index is 417. The van der Waals surface area contributed by atoms with Gasteiger partial charge in [0.2, 0.25) is 0 Å². The van der Waals surface area contributed by atoms with Crippen LogP contribution >= 0.6 is 15.9 Å². The molecule has 2 atom stereocenters. The summed E-state index contributed by atoms with van der Waals surface area (Å²) in [7, 11) is 3.67. The maximum Gasteiger partial charge on any atom is 0.137 e. The summed E-state index contributed by atoms with van der Waals surface area (Å²) in [6, 6.07) is 5.32. The number of benzene rings is 1. The normalized spacial score (nSPS) is 15.3. The van der Waals surface area contributed by atoms with Crippen LogP contribution in [0.1, 0.15) is 26.3 Å². The van der Waals surface area contributed by atoms with Crippen LogP contribution in [0.5, 0.6) is 0 Å². The first-order valence-corrected chi connectivity index (χ1v) is 7.23. The lowest BCUT2D eigenvalue weighted by Crippen LogP contribution is -2.47. The molecule has 2 nitrogen and oxygen atoms in total. The van der Waals surface area contributed by atoms with Crippen molar-refractivity contribution in [3.05, 3.63) is 34.1 Å². The van der Waals surface area contributed by atoms with Crippen molar-refractivity contribution in [3.63, 3.8) is 0 Å². The minimum Gasteiger partial charge on any atom is -0.379 e. The molecule has 0 amide bonds. The summed E-state index contributed by atoms with van der Waals surface area (Å²) in [6.07, 6.45) is 0.881. The lowest BCUT2D eigenvalue weighted by molar-refractivity contribution is -0.00921. The van der Waals surface area contributed by atoms with Crippen molar-refractivity contribution in [2.24, 2.45) is 5.41 Å². The van der Waals surface area contributed by atoms with E-state index in [4.69, 9.17) is 4.74 Å². The van der Waals surface area contributed by atoms with E-state index in [2.05, 4.69) is 42.0 Å². The summed E-state index contributed by atoms with van der Waals surface area (Å²) < 4.78 is 19.4. The fourth-order valence-electron chi connectivity index (χ4n) is 2.40. The lowest BCUT2D eigenvalue weighted by Gasteiger charge is -2.36. The van der Waals surface area contributed by atoms with E-state index in [9.17, 15) is 4.39 Å². The summed E-state index contributed by atoms with van der Waals surface area (Å²) >= 11 is 3.22. The molecule has 1 N–H and O–H groups in total. The molecule has 0 saturated carbocycles. The molecule has 19 heavy (non-hydrogen) atoms. The largest absolute Gasteiger partial charge is 0.379 e. The third-order valence-corrected chi connectivity index (χ3v) is 3.89. The Morgan fingerprint density at radius 3 is 2.42 bits per heavy atom. The van der Waals surface area contributed by atoms with Gasteiger partial charge in [0, 0.05) is 13.2 Å². The summed E-state index contributed by atoms with van der Waals surface area (Å²) in [5.41, 5.74) is 1.12. The molecule has 1 rings (SSSR count). The predicted molar refractivity (Wildman–Crippen MR) is 80.9 cm³/mol. The highest BCUT2D eigenvalue weighted by Crippen LogP contribution is 2.27. The SMILES string of the molecule is CNC(Cc1ccc(F)c(Br)c1)C(OC)C(C)(C)C. The Hall–Kier alpha value is -0.450. The molecule has 0 fully saturated rings. The van der Waals surface area contributed by atoms with Gasteiger partial charge in [-0.3, -0.25) is 0 Å². The molecule has 0 spiro atoms. The van der Waals surface area contributed by atoms with Crippen LogP contribution < -0.4 is 5.32 Å². The predicted octanol–water partition coefficient (Wildman–Crippen LogP) is 3.78. The van der Waals surface area contributed by atoms with Gasteiger partial charge in [0.05, 0.1) is 10.6 Å². The van der Waals surface area contributed by atoms with Crippen molar-refractivity contribution in [2.75, 3.05) is 14.2 Å². The zero-order chi connectivity index (χ0) is 14.6. The molecule has 0 aliphatic rings. The van der Waals surface area contributed by atoms with E-state index in [0.717, 1.165) is 12.0 Å². The number of rotatable bonds is 5. The number of methoxy groups -OCH3 is 1. The summed E-state index contributed by atoms with van der Waals surface area (Å²) in [6.45, 7) is 6.48. The van der Waals surface area contributed by atoms with Crippen molar-refractivity contribution in [1.82, 2.24) is 5.32 Å². The van der Waals surface area contributed by atoms with E-state index in [0.29, 0.717) is 4.47 Å². The topological polar surface area (TPSA) is 21.3 Å². The first-order valence-electron chi connectivity index (χ1n) is 6.43. The van der Waals surface area contributed by atoms with Crippen LogP contribution in [0.3, 0.4) is 0 Å². The van der Waals surface area contributed by atoms with Crippen molar-refractivity contribution >= 4 is 15.9 Å². The Morgan fingerprint density at radius 2 is 2.00 bits per heavy atom. The molecule has 0 aromatic heterocycles. The van der Waals surface area contributed by atoms with Gasteiger partial charge in [0.1, 0.15) is 5.82 Å². The molecule has 0 bridgehead atoms. The molecule has 108 valence electrons. The van der Waals surface area contributed by atoms with E-state index in [1.165, 1.54) is 6.07 Å². The quantitative estimate of drug-likeness (QED) is 0.886. The third-order valence-electron chi connectivity index (χ3n) is 3.28. The van der Waals surface area contributed by atoms with Crippen LogP contribution in [-0.4, -0.2) is 26.3 Å². The van der Waals surface area contributed by atoms with Gasteiger partial charge in [-0.05, 0) is 52.5 Å². The van der Waals surface area contributed by atoms with Gasteiger partial charge in [-0.25, -0.2) is 4.39 Å². The molecular formula is C15H23BrFNO. The Kier molecular flexibility index (Phi) is 5.96. The monoisotopic (exact) mass is 331 g/mol. The highest BCUT2D eigenvalue weighted by atomic mass is 79.9. The van der Waals surface area contributed by atoms with Crippen LogP contribution in [0.15, 0.2) is 22.7 Å². The zero-order valence-corrected chi connectivity index (χ0v) is 13.8. The molecule has 1 aromatic carbocycles. The summed E-state index contributed by atoms with van der Waals surface area (Å²) in [4.78, 5) is 0. The highest BCUT2D eigenvalue weighted by molar-refractivity contribution is 9.10. The van der Waals surface area contributed by atoms with Crippen molar-refractivity contribution in [3.8, 4) is 0 Å². The Balaban J connectivity index is 2.89. The molecule has 0 saturated heterocycles. The van der Waals surface area contributed by atoms with Crippen molar-refractivity contribution in [1.29, 1.82) is 0 Å². The fourth-order valence-corrected chi connectivity index (χ4v) is 2.83. The fraction of sp³-hybridized carbons (Fsp3) is 0.600. The minimum absolute atomic E-state index is 0.0414. The first-order chi connectivity index (χ1) is 8.79.